The van der Waals surface area contributed by atoms with Gasteiger partial charge in [0.1, 0.15) is 18.3 Å². The van der Waals surface area contributed by atoms with Crippen LogP contribution in [0.15, 0.2) is 15.8 Å². The van der Waals surface area contributed by atoms with Gasteiger partial charge in [-0.25, -0.2) is 18.5 Å². The minimum absolute atomic E-state index is 0.0381. The Hall–Kier alpha value is -1.07. The largest absolute Gasteiger partial charge is 0.490 e. The van der Waals surface area contributed by atoms with Crippen LogP contribution in [-0.2, 0) is 38.1 Å². The maximum absolute atomic E-state index is 12.1. The Bertz CT molecular complexity index is 1080. The van der Waals surface area contributed by atoms with Crippen molar-refractivity contribution in [2.24, 2.45) is 0 Å². The number of nitrogens with zero attached hydrogens (tertiary/aromatic N) is 1. The third kappa shape index (κ3) is 7.21. The first kappa shape index (κ1) is 27.2. The molecule has 0 amide bonds. The van der Waals surface area contributed by atoms with Gasteiger partial charge in [0.25, 0.3) is 5.56 Å². The molecule has 1 aromatic heterocycles. The second-order valence-electron chi connectivity index (χ2n) is 6.28. The Labute approximate surface area is 177 Å². The molecular formula is C11H20N3O15P3. The zero-order valence-electron chi connectivity index (χ0n) is 15.9. The molecule has 6 atom stereocenters. The zero-order chi connectivity index (χ0) is 24.5. The molecule has 0 saturated carbocycles. The normalized spacial score (nSPS) is 27.7. The van der Waals surface area contributed by atoms with Crippen LogP contribution in [0.4, 0.5) is 0 Å². The quantitative estimate of drug-likeness (QED) is 0.143. The number of phosphoric acid groups is 3. The van der Waals surface area contributed by atoms with Crippen LogP contribution in [-0.4, -0.2) is 71.3 Å². The third-order valence-electron chi connectivity index (χ3n) is 3.84. The van der Waals surface area contributed by atoms with E-state index >= 15 is 0 Å². The topological polar surface area (TPSA) is 276 Å². The summed E-state index contributed by atoms with van der Waals surface area (Å²) in [5.41, 5.74) is -1.63. The SMILES string of the molecule is CNCc1cn([C@@H]2O[C@H](COP(=O)(O)OP(=O)(O)OP(=O)(O)O)[C@@H](O)[C@H]2O)c(=O)[nH]c1=O. The molecule has 2 unspecified atom stereocenters. The van der Waals surface area contributed by atoms with Crippen molar-refractivity contribution in [2.45, 2.75) is 31.1 Å². The van der Waals surface area contributed by atoms with Crippen LogP contribution >= 0.6 is 23.5 Å². The standard InChI is InChI=1S/C11H20N3O15P3/c1-12-2-5-3-14(11(18)13-9(5)17)10-8(16)7(15)6(27-10)4-26-31(22,23)29-32(24,25)28-30(19,20)21/h3,6-8,10,12,15-16H,2,4H2,1H3,(H,22,23)(H,24,25)(H,13,17,18)(H2,19,20,21)/t6-,7-,8-,10-/m1/s1. The number of ether oxygens (including phenoxy) is 1. The van der Waals surface area contributed by atoms with Gasteiger partial charge in [0.2, 0.25) is 0 Å². The summed E-state index contributed by atoms with van der Waals surface area (Å²) in [7, 11) is -15.3. The Morgan fingerprint density at radius 2 is 1.72 bits per heavy atom. The highest BCUT2D eigenvalue weighted by Gasteiger charge is 2.46. The van der Waals surface area contributed by atoms with Crippen LogP contribution in [0.5, 0.6) is 0 Å². The van der Waals surface area contributed by atoms with Crippen molar-refractivity contribution in [3.63, 3.8) is 0 Å². The lowest BCUT2D eigenvalue weighted by Gasteiger charge is -2.19. The molecule has 1 fully saturated rings. The summed E-state index contributed by atoms with van der Waals surface area (Å²) < 4.78 is 51.1. The summed E-state index contributed by atoms with van der Waals surface area (Å²) in [6, 6.07) is 0. The number of phosphoric ester groups is 1. The van der Waals surface area contributed by atoms with Gasteiger partial charge in [-0.05, 0) is 7.05 Å². The summed E-state index contributed by atoms with van der Waals surface area (Å²) in [6.07, 6.45) is -5.69. The van der Waals surface area contributed by atoms with Crippen LogP contribution in [0.25, 0.3) is 0 Å². The van der Waals surface area contributed by atoms with Gasteiger partial charge in [-0.1, -0.05) is 0 Å². The highest BCUT2D eigenvalue weighted by atomic mass is 31.3. The molecule has 184 valence electrons. The van der Waals surface area contributed by atoms with Gasteiger partial charge in [-0.2, -0.15) is 8.62 Å². The lowest BCUT2D eigenvalue weighted by molar-refractivity contribution is -0.0543. The number of nitrogens with one attached hydrogen (secondary N) is 2. The van der Waals surface area contributed by atoms with Gasteiger partial charge in [0.15, 0.2) is 6.23 Å². The minimum Gasteiger partial charge on any atom is -0.387 e. The van der Waals surface area contributed by atoms with E-state index in [0.717, 1.165) is 10.8 Å². The number of aromatic amines is 1. The first-order valence-electron chi connectivity index (χ1n) is 8.34. The van der Waals surface area contributed by atoms with Crippen molar-refractivity contribution in [2.75, 3.05) is 13.7 Å². The highest BCUT2D eigenvalue weighted by Crippen LogP contribution is 2.66. The molecule has 0 bridgehead atoms. The van der Waals surface area contributed by atoms with Gasteiger partial charge < -0.3 is 39.8 Å². The molecule has 21 heteroatoms. The number of hydrogen-bond donors (Lipinski definition) is 8. The van der Waals surface area contributed by atoms with Gasteiger partial charge in [0, 0.05) is 18.3 Å². The Morgan fingerprint density at radius 1 is 1.09 bits per heavy atom. The van der Waals surface area contributed by atoms with Gasteiger partial charge in [-0.15, -0.1) is 0 Å². The first-order chi connectivity index (χ1) is 14.6. The van der Waals surface area contributed by atoms with E-state index in [1.807, 2.05) is 4.98 Å². The predicted octanol–water partition coefficient (Wildman–Crippen LogP) is -2.78. The first-order valence-corrected chi connectivity index (χ1v) is 12.9. The van der Waals surface area contributed by atoms with E-state index in [1.165, 1.54) is 7.05 Å². The molecule has 0 spiro atoms. The van der Waals surface area contributed by atoms with Gasteiger partial charge in [0.05, 0.1) is 6.61 Å². The molecule has 1 aliphatic rings. The number of rotatable bonds is 10. The second kappa shape index (κ2) is 10.0. The third-order valence-corrected chi connectivity index (χ3v) is 7.64. The average Bonchev–Trinajstić information content (AvgIpc) is 2.87. The summed E-state index contributed by atoms with van der Waals surface area (Å²) in [5.74, 6) is 0. The molecule has 8 N–H and O–H groups in total. The van der Waals surface area contributed by atoms with E-state index in [1.54, 1.807) is 0 Å². The predicted molar refractivity (Wildman–Crippen MR) is 99.8 cm³/mol. The van der Waals surface area contributed by atoms with E-state index in [9.17, 15) is 38.4 Å². The molecule has 0 aromatic carbocycles. The molecule has 32 heavy (non-hydrogen) atoms. The summed E-state index contributed by atoms with van der Waals surface area (Å²) >= 11 is 0. The van der Waals surface area contributed by atoms with Crippen molar-refractivity contribution in [3.05, 3.63) is 32.6 Å². The number of aliphatic hydroxyl groups is 2. The second-order valence-corrected chi connectivity index (χ2v) is 10.7. The average molecular weight is 527 g/mol. The smallest absolute Gasteiger partial charge is 0.387 e. The van der Waals surface area contributed by atoms with E-state index in [-0.39, 0.29) is 12.1 Å². The number of H-pyrrole nitrogens is 1. The molecule has 0 aliphatic carbocycles. The molecule has 18 nitrogen and oxygen atoms in total. The number of aliphatic hydroxyl groups excluding tert-OH is 2. The molecule has 1 saturated heterocycles. The maximum Gasteiger partial charge on any atom is 0.490 e. The Kier molecular flexibility index (Phi) is 8.53. The minimum atomic E-state index is -5.75. The van der Waals surface area contributed by atoms with Crippen molar-refractivity contribution in [3.8, 4) is 0 Å². The van der Waals surface area contributed by atoms with Crippen LogP contribution in [0.2, 0.25) is 0 Å². The monoisotopic (exact) mass is 527 g/mol. The van der Waals surface area contributed by atoms with E-state index < -0.39 is 65.9 Å². The summed E-state index contributed by atoms with van der Waals surface area (Å²) in [6.45, 7) is -1.02. The van der Waals surface area contributed by atoms with Gasteiger partial charge in [-0.3, -0.25) is 18.9 Å². The number of aromatic nitrogens is 2. The van der Waals surface area contributed by atoms with Crippen molar-refractivity contribution >= 4 is 23.5 Å². The van der Waals surface area contributed by atoms with Crippen LogP contribution in [0, 0.1) is 0 Å². The number of hydrogen-bond acceptors (Lipinski definition) is 12. The van der Waals surface area contributed by atoms with Crippen molar-refractivity contribution < 1.29 is 61.4 Å². The fourth-order valence-corrected chi connectivity index (χ4v) is 5.63. The maximum atomic E-state index is 12.1. The van der Waals surface area contributed by atoms with Crippen LogP contribution < -0.4 is 16.6 Å². The Balaban J connectivity index is 2.13. The molecule has 2 rings (SSSR count). The summed E-state index contributed by atoms with van der Waals surface area (Å²) in [5, 5.41) is 23.0. The van der Waals surface area contributed by atoms with E-state index in [4.69, 9.17) is 19.4 Å². The molecule has 2 heterocycles. The lowest BCUT2D eigenvalue weighted by Crippen LogP contribution is -2.39. The zero-order valence-corrected chi connectivity index (χ0v) is 18.6. The molecular weight excluding hydrogens is 507 g/mol. The van der Waals surface area contributed by atoms with Crippen molar-refractivity contribution in [1.82, 2.24) is 14.9 Å². The van der Waals surface area contributed by atoms with Crippen molar-refractivity contribution in [1.29, 1.82) is 0 Å². The lowest BCUT2D eigenvalue weighted by atomic mass is 10.1. The fraction of sp³-hybridized carbons (Fsp3) is 0.636. The van der Waals surface area contributed by atoms with Gasteiger partial charge >= 0.3 is 29.2 Å². The van der Waals surface area contributed by atoms with E-state index in [2.05, 4.69) is 18.5 Å². The highest BCUT2D eigenvalue weighted by molar-refractivity contribution is 7.66. The molecule has 1 aromatic rings. The van der Waals surface area contributed by atoms with Crippen LogP contribution in [0.1, 0.15) is 11.8 Å². The van der Waals surface area contributed by atoms with Crippen LogP contribution in [0.3, 0.4) is 0 Å². The molecule has 0 radical (unpaired) electrons. The Morgan fingerprint density at radius 3 is 2.28 bits per heavy atom. The van der Waals surface area contributed by atoms with E-state index in [0.29, 0.717) is 0 Å². The molecule has 1 aliphatic heterocycles. The fourth-order valence-electron chi connectivity index (χ4n) is 2.60. The summed E-state index contributed by atoms with van der Waals surface area (Å²) in [4.78, 5) is 61.3.